The summed E-state index contributed by atoms with van der Waals surface area (Å²) in [6, 6.07) is 15.6. The minimum Gasteiger partial charge on any atom is -0.481 e. The Morgan fingerprint density at radius 3 is 2.88 bits per heavy atom. The smallest absolute Gasteiger partial charge is 0.312 e. The van der Waals surface area contributed by atoms with Gasteiger partial charge in [-0.15, -0.1) is 0 Å². The minimum absolute atomic E-state index is 0.0711. The number of rotatable bonds is 4. The zero-order valence-electron chi connectivity index (χ0n) is 12.7. The lowest BCUT2D eigenvalue weighted by Gasteiger charge is -2.10. The summed E-state index contributed by atoms with van der Waals surface area (Å²) in [5.74, 6) is -1.61. The first kappa shape index (κ1) is 14.9. The Morgan fingerprint density at radius 2 is 2.08 bits per heavy atom. The van der Waals surface area contributed by atoms with Crippen LogP contribution in [-0.4, -0.2) is 27.0 Å². The van der Waals surface area contributed by atoms with Crippen molar-refractivity contribution in [1.29, 1.82) is 0 Å². The number of nitrogens with two attached hydrogens (primary N) is 1. The molecule has 2 aromatic carbocycles. The van der Waals surface area contributed by atoms with Crippen molar-refractivity contribution in [2.45, 2.75) is 5.92 Å². The summed E-state index contributed by atoms with van der Waals surface area (Å²) in [5.41, 5.74) is 9.15. The molecular formula is C18H15N3O2S. The highest BCUT2D eigenvalue weighted by molar-refractivity contribution is 7.23. The third-order valence-electron chi connectivity index (χ3n) is 4.12. The number of thiazole rings is 1. The van der Waals surface area contributed by atoms with Gasteiger partial charge >= 0.3 is 5.97 Å². The summed E-state index contributed by atoms with van der Waals surface area (Å²) in [5, 5.41) is 9.29. The van der Waals surface area contributed by atoms with Crippen LogP contribution in [0, 0.1) is 0 Å². The maximum Gasteiger partial charge on any atom is 0.312 e. The number of carboxylic acids is 1. The van der Waals surface area contributed by atoms with Gasteiger partial charge in [-0.25, -0.2) is 4.98 Å². The number of hydrogen-bond acceptors (Lipinski definition) is 4. The van der Waals surface area contributed by atoms with E-state index in [4.69, 9.17) is 10.7 Å². The van der Waals surface area contributed by atoms with Crippen molar-refractivity contribution in [1.82, 2.24) is 9.38 Å². The van der Waals surface area contributed by atoms with Crippen LogP contribution >= 0.6 is 11.3 Å². The highest BCUT2D eigenvalue weighted by Crippen LogP contribution is 2.30. The molecule has 0 amide bonds. The monoisotopic (exact) mass is 337 g/mol. The number of carboxylic acid groups (broad SMARTS) is 1. The molecule has 120 valence electrons. The number of aromatic nitrogens is 2. The second-order valence-corrected chi connectivity index (χ2v) is 6.61. The van der Waals surface area contributed by atoms with E-state index >= 15 is 0 Å². The van der Waals surface area contributed by atoms with Gasteiger partial charge in [0.05, 0.1) is 21.8 Å². The molecule has 0 fully saturated rings. The number of carbonyl (C=O) groups is 1. The fraction of sp³-hybridized carbons (Fsp3) is 0.111. The number of imidazole rings is 1. The zero-order chi connectivity index (χ0) is 16.7. The number of nitrogens with zero attached hydrogens (tertiary/aromatic N) is 2. The largest absolute Gasteiger partial charge is 0.481 e. The molecule has 0 aliphatic rings. The SMILES string of the molecule is NCC(C(=O)O)c1cccc(-c2cn3c(n2)sc2ccccc23)c1. The number of hydrogen-bond donors (Lipinski definition) is 2. The molecule has 0 aliphatic heterocycles. The topological polar surface area (TPSA) is 80.6 Å². The number of fused-ring (bicyclic) bond motifs is 3. The van der Waals surface area contributed by atoms with E-state index in [1.54, 1.807) is 17.4 Å². The third-order valence-corrected chi connectivity index (χ3v) is 5.15. The molecule has 2 aromatic heterocycles. The zero-order valence-corrected chi connectivity index (χ0v) is 13.5. The highest BCUT2D eigenvalue weighted by Gasteiger charge is 2.19. The molecule has 0 spiro atoms. The number of aliphatic carboxylic acids is 1. The molecule has 5 nitrogen and oxygen atoms in total. The van der Waals surface area contributed by atoms with Crippen molar-refractivity contribution in [3.05, 3.63) is 60.3 Å². The van der Waals surface area contributed by atoms with Crippen LogP contribution in [0.15, 0.2) is 54.7 Å². The van der Waals surface area contributed by atoms with Gasteiger partial charge in [-0.1, -0.05) is 41.7 Å². The average molecular weight is 337 g/mol. The molecule has 6 heteroatoms. The van der Waals surface area contributed by atoms with Crippen molar-refractivity contribution in [2.24, 2.45) is 5.73 Å². The molecule has 24 heavy (non-hydrogen) atoms. The molecule has 1 unspecified atom stereocenters. The van der Waals surface area contributed by atoms with Crippen molar-refractivity contribution in [2.75, 3.05) is 6.54 Å². The van der Waals surface area contributed by atoms with Crippen LogP contribution in [0.4, 0.5) is 0 Å². The van der Waals surface area contributed by atoms with Crippen LogP contribution in [0.5, 0.6) is 0 Å². The predicted molar refractivity (Wildman–Crippen MR) is 95.4 cm³/mol. The Morgan fingerprint density at radius 1 is 1.25 bits per heavy atom. The van der Waals surface area contributed by atoms with Gasteiger partial charge in [0.25, 0.3) is 0 Å². The first-order valence-corrected chi connectivity index (χ1v) is 8.39. The maximum absolute atomic E-state index is 11.3. The van der Waals surface area contributed by atoms with E-state index in [9.17, 15) is 9.90 Å². The lowest BCUT2D eigenvalue weighted by molar-refractivity contribution is -0.138. The van der Waals surface area contributed by atoms with Gasteiger partial charge in [0.15, 0.2) is 4.96 Å². The summed E-state index contributed by atoms with van der Waals surface area (Å²) in [6.45, 7) is 0.0711. The second kappa shape index (κ2) is 5.74. The van der Waals surface area contributed by atoms with E-state index < -0.39 is 11.9 Å². The Bertz CT molecular complexity index is 1050. The standard InChI is InChI=1S/C18H15N3O2S/c19-9-13(17(22)23)11-4-3-5-12(8-11)14-10-21-15-6-1-2-7-16(15)24-18(21)20-14/h1-8,10,13H,9,19H2,(H,22,23). The quantitative estimate of drug-likeness (QED) is 0.598. The molecule has 4 aromatic rings. The maximum atomic E-state index is 11.3. The van der Waals surface area contributed by atoms with Gasteiger partial charge < -0.3 is 10.8 Å². The first-order chi connectivity index (χ1) is 11.7. The molecular weight excluding hydrogens is 322 g/mol. The van der Waals surface area contributed by atoms with E-state index in [0.29, 0.717) is 5.56 Å². The van der Waals surface area contributed by atoms with Crippen LogP contribution in [0.2, 0.25) is 0 Å². The van der Waals surface area contributed by atoms with Crippen LogP contribution in [0.3, 0.4) is 0 Å². The van der Waals surface area contributed by atoms with Crippen LogP contribution in [0.25, 0.3) is 26.4 Å². The van der Waals surface area contributed by atoms with Crippen molar-refractivity contribution in [3.8, 4) is 11.3 Å². The fourth-order valence-electron chi connectivity index (χ4n) is 2.88. The molecule has 0 saturated heterocycles. The van der Waals surface area contributed by atoms with Crippen molar-refractivity contribution in [3.63, 3.8) is 0 Å². The first-order valence-electron chi connectivity index (χ1n) is 7.57. The Hall–Kier alpha value is -2.70. The highest BCUT2D eigenvalue weighted by atomic mass is 32.1. The van der Waals surface area contributed by atoms with Gasteiger partial charge in [-0.2, -0.15) is 0 Å². The summed E-state index contributed by atoms with van der Waals surface area (Å²) < 4.78 is 3.26. The molecule has 3 N–H and O–H groups in total. The minimum atomic E-state index is -0.911. The summed E-state index contributed by atoms with van der Waals surface area (Å²) in [6.07, 6.45) is 1.99. The van der Waals surface area contributed by atoms with Gasteiger partial charge in [0.1, 0.15) is 0 Å². The molecule has 0 saturated carbocycles. The van der Waals surface area contributed by atoms with Crippen LogP contribution < -0.4 is 5.73 Å². The van der Waals surface area contributed by atoms with Gasteiger partial charge in [0.2, 0.25) is 0 Å². The Kier molecular flexibility index (Phi) is 3.55. The van der Waals surface area contributed by atoms with E-state index in [0.717, 1.165) is 21.7 Å². The Labute approximate surface area is 142 Å². The van der Waals surface area contributed by atoms with Crippen LogP contribution in [-0.2, 0) is 4.79 Å². The van der Waals surface area contributed by atoms with Gasteiger partial charge in [0, 0.05) is 18.3 Å². The van der Waals surface area contributed by atoms with E-state index in [-0.39, 0.29) is 6.54 Å². The van der Waals surface area contributed by atoms with Crippen molar-refractivity contribution < 1.29 is 9.90 Å². The van der Waals surface area contributed by atoms with Gasteiger partial charge in [-0.3, -0.25) is 9.20 Å². The fourth-order valence-corrected chi connectivity index (χ4v) is 3.89. The molecule has 0 radical (unpaired) electrons. The third kappa shape index (κ3) is 2.36. The number of para-hydroxylation sites is 1. The normalized spacial score (nSPS) is 12.7. The summed E-state index contributed by atoms with van der Waals surface area (Å²) in [7, 11) is 0. The molecule has 1 atom stereocenters. The van der Waals surface area contributed by atoms with E-state index in [1.165, 1.54) is 4.70 Å². The van der Waals surface area contributed by atoms with E-state index in [1.807, 2.05) is 36.5 Å². The lowest BCUT2D eigenvalue weighted by atomic mass is 9.97. The van der Waals surface area contributed by atoms with Gasteiger partial charge in [-0.05, 0) is 23.8 Å². The second-order valence-electron chi connectivity index (χ2n) is 5.60. The number of benzene rings is 2. The van der Waals surface area contributed by atoms with E-state index in [2.05, 4.69) is 16.5 Å². The molecule has 2 heterocycles. The summed E-state index contributed by atoms with van der Waals surface area (Å²) in [4.78, 5) is 16.9. The predicted octanol–water partition coefficient (Wildman–Crippen LogP) is 3.34. The van der Waals surface area contributed by atoms with Crippen molar-refractivity contribution >= 4 is 32.5 Å². The van der Waals surface area contributed by atoms with Crippen LogP contribution in [0.1, 0.15) is 11.5 Å². The Balaban J connectivity index is 1.81. The average Bonchev–Trinajstić information content (AvgIpc) is 3.13. The molecule has 0 aliphatic carbocycles. The molecule has 4 rings (SSSR count). The summed E-state index contributed by atoms with van der Waals surface area (Å²) >= 11 is 1.63. The molecule has 0 bridgehead atoms. The lowest BCUT2D eigenvalue weighted by Crippen LogP contribution is -2.21.